The van der Waals surface area contributed by atoms with E-state index >= 15 is 0 Å². The standard InChI is InChI=1S/C18H20BrN/c1-12-4-3-5-14(8-12)15-10-16(11-15)20-18-9-13(2)6-7-17(18)19/h3-9,15-16,20H,10-11H2,1-2H3. The van der Waals surface area contributed by atoms with Crippen LogP contribution in [0.3, 0.4) is 0 Å². The number of hydrogen-bond donors (Lipinski definition) is 1. The Hall–Kier alpha value is -1.28. The van der Waals surface area contributed by atoms with E-state index in [4.69, 9.17) is 0 Å². The van der Waals surface area contributed by atoms with Crippen molar-refractivity contribution in [1.82, 2.24) is 0 Å². The zero-order valence-electron chi connectivity index (χ0n) is 12.0. The Bertz CT molecular complexity index is 615. The van der Waals surface area contributed by atoms with Crippen molar-refractivity contribution >= 4 is 21.6 Å². The Labute approximate surface area is 129 Å². The summed E-state index contributed by atoms with van der Waals surface area (Å²) in [7, 11) is 0. The molecule has 0 spiro atoms. The maximum atomic E-state index is 3.65. The van der Waals surface area contributed by atoms with Crippen LogP contribution in [0, 0.1) is 13.8 Å². The Kier molecular flexibility index (Phi) is 3.84. The maximum absolute atomic E-state index is 3.65. The second-order valence-electron chi connectivity index (χ2n) is 5.91. The van der Waals surface area contributed by atoms with Crippen LogP contribution in [0.15, 0.2) is 46.9 Å². The van der Waals surface area contributed by atoms with Crippen LogP contribution in [0.2, 0.25) is 0 Å². The molecule has 0 amide bonds. The van der Waals surface area contributed by atoms with Crippen LogP contribution in [0.1, 0.15) is 35.4 Å². The Morgan fingerprint density at radius 1 is 1.00 bits per heavy atom. The molecular weight excluding hydrogens is 310 g/mol. The Balaban J connectivity index is 1.62. The fourth-order valence-corrected chi connectivity index (χ4v) is 3.26. The first-order chi connectivity index (χ1) is 9.61. The van der Waals surface area contributed by atoms with Gasteiger partial charge in [0, 0.05) is 16.2 Å². The molecule has 1 fully saturated rings. The molecule has 2 aromatic rings. The minimum Gasteiger partial charge on any atom is -0.381 e. The van der Waals surface area contributed by atoms with E-state index in [2.05, 4.69) is 77.6 Å². The molecule has 0 saturated heterocycles. The fraction of sp³-hybridized carbons (Fsp3) is 0.333. The van der Waals surface area contributed by atoms with Crippen molar-refractivity contribution in [3.8, 4) is 0 Å². The molecule has 0 aliphatic heterocycles. The molecule has 2 aromatic carbocycles. The second kappa shape index (κ2) is 5.61. The molecule has 1 aliphatic rings. The minimum absolute atomic E-state index is 0.596. The number of rotatable bonds is 3. The molecule has 1 saturated carbocycles. The topological polar surface area (TPSA) is 12.0 Å². The van der Waals surface area contributed by atoms with E-state index in [1.165, 1.54) is 35.2 Å². The van der Waals surface area contributed by atoms with Crippen molar-refractivity contribution in [3.05, 3.63) is 63.6 Å². The van der Waals surface area contributed by atoms with Crippen molar-refractivity contribution in [3.63, 3.8) is 0 Å². The van der Waals surface area contributed by atoms with Gasteiger partial charge in [0.2, 0.25) is 0 Å². The van der Waals surface area contributed by atoms with Gasteiger partial charge in [-0.15, -0.1) is 0 Å². The van der Waals surface area contributed by atoms with E-state index < -0.39 is 0 Å². The highest BCUT2D eigenvalue weighted by Crippen LogP contribution is 2.39. The van der Waals surface area contributed by atoms with E-state index in [0.717, 1.165) is 10.4 Å². The summed E-state index contributed by atoms with van der Waals surface area (Å²) in [6, 6.07) is 16.0. The summed E-state index contributed by atoms with van der Waals surface area (Å²) in [5.41, 5.74) is 5.37. The lowest BCUT2D eigenvalue weighted by atomic mass is 9.75. The lowest BCUT2D eigenvalue weighted by Gasteiger charge is -2.37. The molecule has 0 heterocycles. The van der Waals surface area contributed by atoms with Crippen molar-refractivity contribution in [2.45, 2.75) is 38.6 Å². The predicted molar refractivity (Wildman–Crippen MR) is 89.4 cm³/mol. The molecule has 1 N–H and O–H groups in total. The Morgan fingerprint density at radius 2 is 1.75 bits per heavy atom. The maximum Gasteiger partial charge on any atom is 0.0489 e. The van der Waals surface area contributed by atoms with Gasteiger partial charge < -0.3 is 5.32 Å². The molecule has 0 unspecified atom stereocenters. The first-order valence-electron chi connectivity index (χ1n) is 7.21. The van der Waals surface area contributed by atoms with Gasteiger partial charge in [-0.3, -0.25) is 0 Å². The van der Waals surface area contributed by atoms with E-state index in [1.807, 2.05) is 0 Å². The average molecular weight is 330 g/mol. The van der Waals surface area contributed by atoms with Gasteiger partial charge in [-0.05, 0) is 71.8 Å². The van der Waals surface area contributed by atoms with Crippen molar-refractivity contribution < 1.29 is 0 Å². The molecule has 0 bridgehead atoms. The van der Waals surface area contributed by atoms with Crippen LogP contribution in [0.5, 0.6) is 0 Å². The monoisotopic (exact) mass is 329 g/mol. The SMILES string of the molecule is Cc1cccc(C2CC(Nc3cc(C)ccc3Br)C2)c1. The van der Waals surface area contributed by atoms with Crippen molar-refractivity contribution in [2.24, 2.45) is 0 Å². The van der Waals surface area contributed by atoms with Crippen LogP contribution in [0.25, 0.3) is 0 Å². The third kappa shape index (κ3) is 2.90. The lowest BCUT2D eigenvalue weighted by molar-refractivity contribution is 0.374. The normalized spacial score (nSPS) is 21.4. The van der Waals surface area contributed by atoms with Gasteiger partial charge in [-0.2, -0.15) is 0 Å². The number of halogens is 1. The molecule has 3 rings (SSSR count). The van der Waals surface area contributed by atoms with Crippen molar-refractivity contribution in [2.75, 3.05) is 5.32 Å². The molecule has 0 radical (unpaired) electrons. The van der Waals surface area contributed by atoms with Gasteiger partial charge in [0.1, 0.15) is 0 Å². The van der Waals surface area contributed by atoms with E-state index in [9.17, 15) is 0 Å². The van der Waals surface area contributed by atoms with Crippen LogP contribution >= 0.6 is 15.9 Å². The van der Waals surface area contributed by atoms with Crippen LogP contribution in [-0.4, -0.2) is 6.04 Å². The summed E-state index contributed by atoms with van der Waals surface area (Å²) in [6.07, 6.45) is 2.45. The summed E-state index contributed by atoms with van der Waals surface area (Å²) in [5.74, 6) is 0.719. The van der Waals surface area contributed by atoms with Gasteiger partial charge >= 0.3 is 0 Å². The highest BCUT2D eigenvalue weighted by molar-refractivity contribution is 9.10. The molecular formula is C18H20BrN. The summed E-state index contributed by atoms with van der Waals surface area (Å²) < 4.78 is 1.15. The number of anilines is 1. The first-order valence-corrected chi connectivity index (χ1v) is 8.00. The summed E-state index contributed by atoms with van der Waals surface area (Å²) in [4.78, 5) is 0. The zero-order valence-corrected chi connectivity index (χ0v) is 13.6. The number of nitrogens with one attached hydrogen (secondary N) is 1. The quantitative estimate of drug-likeness (QED) is 0.792. The van der Waals surface area contributed by atoms with Crippen molar-refractivity contribution in [1.29, 1.82) is 0 Å². The van der Waals surface area contributed by atoms with E-state index in [0.29, 0.717) is 6.04 Å². The van der Waals surface area contributed by atoms with Crippen LogP contribution in [-0.2, 0) is 0 Å². The molecule has 20 heavy (non-hydrogen) atoms. The predicted octanol–water partition coefficient (Wildman–Crippen LogP) is 5.42. The second-order valence-corrected chi connectivity index (χ2v) is 6.76. The van der Waals surface area contributed by atoms with Gasteiger partial charge in [0.15, 0.2) is 0 Å². The van der Waals surface area contributed by atoms with Gasteiger partial charge in [-0.25, -0.2) is 0 Å². The van der Waals surface area contributed by atoms with Gasteiger partial charge in [-0.1, -0.05) is 35.9 Å². The fourth-order valence-electron chi connectivity index (χ4n) is 2.90. The highest BCUT2D eigenvalue weighted by atomic mass is 79.9. The summed E-state index contributed by atoms with van der Waals surface area (Å²) in [6.45, 7) is 4.30. The molecule has 1 nitrogen and oxygen atoms in total. The van der Waals surface area contributed by atoms with E-state index in [1.54, 1.807) is 0 Å². The average Bonchev–Trinajstić information content (AvgIpc) is 2.37. The smallest absolute Gasteiger partial charge is 0.0489 e. The van der Waals surface area contributed by atoms with Crippen LogP contribution < -0.4 is 5.32 Å². The Morgan fingerprint density at radius 3 is 2.50 bits per heavy atom. The van der Waals surface area contributed by atoms with Gasteiger partial charge in [0.05, 0.1) is 0 Å². The molecule has 104 valence electrons. The summed E-state index contributed by atoms with van der Waals surface area (Å²) >= 11 is 3.62. The molecule has 0 aromatic heterocycles. The molecule has 2 heteroatoms. The van der Waals surface area contributed by atoms with Crippen LogP contribution in [0.4, 0.5) is 5.69 Å². The number of aryl methyl sites for hydroxylation is 2. The largest absolute Gasteiger partial charge is 0.381 e. The number of hydrogen-bond acceptors (Lipinski definition) is 1. The summed E-state index contributed by atoms with van der Waals surface area (Å²) in [5, 5.41) is 3.65. The number of benzene rings is 2. The van der Waals surface area contributed by atoms with E-state index in [-0.39, 0.29) is 0 Å². The third-order valence-corrected chi connectivity index (χ3v) is 4.82. The highest BCUT2D eigenvalue weighted by Gasteiger charge is 2.30. The molecule has 1 aliphatic carbocycles. The zero-order chi connectivity index (χ0) is 14.1. The lowest BCUT2D eigenvalue weighted by Crippen LogP contribution is -2.34. The molecule has 0 atom stereocenters. The van der Waals surface area contributed by atoms with Gasteiger partial charge in [0.25, 0.3) is 0 Å². The first kappa shape index (κ1) is 13.7. The third-order valence-electron chi connectivity index (χ3n) is 4.13. The minimum atomic E-state index is 0.596.